The number of H-pyrrole nitrogens is 2. The molecule has 182 valence electrons. The monoisotopic (exact) mass is 506 g/mol. The summed E-state index contributed by atoms with van der Waals surface area (Å²) in [6, 6.07) is 15.9. The Labute approximate surface area is 215 Å². The van der Waals surface area contributed by atoms with E-state index in [2.05, 4.69) is 42.6 Å². The summed E-state index contributed by atoms with van der Waals surface area (Å²) in [5.74, 6) is -0.00296. The fraction of sp³-hybridized carbons (Fsp3) is 0.107. The third-order valence-electron chi connectivity index (χ3n) is 6.22. The first-order chi connectivity index (χ1) is 18.0. The fourth-order valence-electron chi connectivity index (χ4n) is 4.35. The summed E-state index contributed by atoms with van der Waals surface area (Å²) >= 11 is 1.50. The lowest BCUT2D eigenvalue weighted by Crippen LogP contribution is -2.09. The first kappa shape index (κ1) is 22.8. The third-order valence-corrected chi connectivity index (χ3v) is 7.44. The topological polar surface area (TPSA) is 116 Å². The van der Waals surface area contributed by atoms with E-state index < -0.39 is 0 Å². The van der Waals surface area contributed by atoms with Crippen molar-refractivity contribution >= 4 is 50.5 Å². The van der Waals surface area contributed by atoms with Crippen molar-refractivity contribution in [1.29, 1.82) is 0 Å². The fourth-order valence-corrected chi connectivity index (χ4v) is 5.29. The molecule has 1 aromatic carbocycles. The molecule has 9 heteroatoms. The molecule has 0 aliphatic carbocycles. The molecule has 6 rings (SSSR count). The van der Waals surface area contributed by atoms with Crippen molar-refractivity contribution in [2.75, 3.05) is 5.32 Å². The van der Waals surface area contributed by atoms with Gasteiger partial charge in [-0.05, 0) is 43.3 Å². The molecular weight excluding hydrogens is 484 g/mol. The van der Waals surface area contributed by atoms with Gasteiger partial charge in [0, 0.05) is 44.9 Å². The van der Waals surface area contributed by atoms with E-state index in [-0.39, 0.29) is 11.7 Å². The zero-order chi connectivity index (χ0) is 25.5. The lowest BCUT2D eigenvalue weighted by Gasteiger charge is -2.06. The second-order valence-electron chi connectivity index (χ2n) is 8.72. The van der Waals surface area contributed by atoms with Crippen molar-refractivity contribution in [3.8, 4) is 33.1 Å². The van der Waals surface area contributed by atoms with Crippen molar-refractivity contribution < 1.29 is 9.59 Å². The SMILES string of the molecule is CCC(=O)Nc1cncc(-c2cc3c(-c4cc5c(-c6ccc(C(C)=O)s6)cccc5[nH]4)n[nH]c3cn2)c1. The molecule has 3 N–H and O–H groups in total. The highest BCUT2D eigenvalue weighted by molar-refractivity contribution is 7.17. The molecule has 1 amide bonds. The van der Waals surface area contributed by atoms with Crippen LogP contribution in [-0.2, 0) is 4.79 Å². The van der Waals surface area contributed by atoms with Crippen LogP contribution in [0, 0.1) is 0 Å². The largest absolute Gasteiger partial charge is 0.353 e. The van der Waals surface area contributed by atoms with Crippen LogP contribution in [0.25, 0.3) is 54.9 Å². The quantitative estimate of drug-likeness (QED) is 0.225. The summed E-state index contributed by atoms with van der Waals surface area (Å²) < 4.78 is 0. The third kappa shape index (κ3) is 4.19. The summed E-state index contributed by atoms with van der Waals surface area (Å²) in [5, 5.41) is 12.5. The van der Waals surface area contributed by atoms with Crippen LogP contribution in [0.1, 0.15) is 29.9 Å². The van der Waals surface area contributed by atoms with Gasteiger partial charge < -0.3 is 10.3 Å². The highest BCUT2D eigenvalue weighted by atomic mass is 32.1. The standard InChI is InChI=1S/C28H22N6O2S/c1-3-27(36)31-17-9-16(12-29-13-17)22-11-20-24(14-30-22)33-34-28(20)23-10-19-18(5-4-6-21(19)32-23)26-8-7-25(37-26)15(2)35/h4-14,32H,3H2,1-2H3,(H,31,36)(H,33,34). The Morgan fingerprint density at radius 3 is 2.70 bits per heavy atom. The van der Waals surface area contributed by atoms with Crippen LogP contribution in [0.2, 0.25) is 0 Å². The van der Waals surface area contributed by atoms with E-state index in [4.69, 9.17) is 0 Å². The van der Waals surface area contributed by atoms with Gasteiger partial charge >= 0.3 is 0 Å². The number of thiophene rings is 1. The van der Waals surface area contributed by atoms with Gasteiger partial charge in [0.25, 0.3) is 0 Å². The number of Topliss-reactive ketones (excluding diaryl/α,β-unsaturated/α-hetero) is 1. The first-order valence-electron chi connectivity index (χ1n) is 11.8. The Balaban J connectivity index is 1.42. The number of hydrogen-bond donors (Lipinski definition) is 3. The zero-order valence-electron chi connectivity index (χ0n) is 20.1. The van der Waals surface area contributed by atoms with E-state index in [1.54, 1.807) is 32.4 Å². The van der Waals surface area contributed by atoms with E-state index in [0.29, 0.717) is 12.1 Å². The summed E-state index contributed by atoms with van der Waals surface area (Å²) in [7, 11) is 0. The van der Waals surface area contributed by atoms with Gasteiger partial charge in [0.05, 0.1) is 39.9 Å². The van der Waals surface area contributed by atoms with Crippen molar-refractivity contribution in [2.24, 2.45) is 0 Å². The number of ketones is 1. The predicted octanol–water partition coefficient (Wildman–Crippen LogP) is 6.45. The maximum atomic E-state index is 11.8. The Kier molecular flexibility index (Phi) is 5.61. The van der Waals surface area contributed by atoms with Gasteiger partial charge in [-0.15, -0.1) is 11.3 Å². The molecule has 5 aromatic heterocycles. The van der Waals surface area contributed by atoms with Gasteiger partial charge in [0.15, 0.2) is 5.78 Å². The molecule has 0 saturated carbocycles. The molecule has 0 unspecified atom stereocenters. The van der Waals surface area contributed by atoms with Gasteiger partial charge in [-0.3, -0.25) is 24.7 Å². The lowest BCUT2D eigenvalue weighted by atomic mass is 10.1. The van der Waals surface area contributed by atoms with Gasteiger partial charge in [0.1, 0.15) is 5.69 Å². The van der Waals surface area contributed by atoms with E-state index in [1.807, 2.05) is 36.4 Å². The van der Waals surface area contributed by atoms with E-state index in [9.17, 15) is 9.59 Å². The molecule has 0 fully saturated rings. The van der Waals surface area contributed by atoms with Crippen LogP contribution in [0.3, 0.4) is 0 Å². The van der Waals surface area contributed by atoms with E-state index in [1.165, 1.54) is 11.3 Å². The average molecular weight is 507 g/mol. The summed E-state index contributed by atoms with van der Waals surface area (Å²) in [6.07, 6.45) is 5.49. The molecule has 0 spiro atoms. The number of carbonyl (C=O) groups excluding carboxylic acids is 2. The number of benzene rings is 1. The zero-order valence-corrected chi connectivity index (χ0v) is 20.9. The number of pyridine rings is 2. The highest BCUT2D eigenvalue weighted by Gasteiger charge is 2.16. The molecule has 0 aliphatic rings. The number of rotatable bonds is 6. The minimum atomic E-state index is -0.0715. The number of anilines is 1. The minimum absolute atomic E-state index is 0.0686. The Hall–Kier alpha value is -4.63. The van der Waals surface area contributed by atoms with Crippen LogP contribution in [0.15, 0.2) is 67.1 Å². The lowest BCUT2D eigenvalue weighted by molar-refractivity contribution is -0.115. The molecule has 0 aliphatic heterocycles. The molecule has 0 saturated heterocycles. The summed E-state index contributed by atoms with van der Waals surface area (Å²) in [6.45, 7) is 3.39. The summed E-state index contributed by atoms with van der Waals surface area (Å²) in [5.41, 5.74) is 6.66. The van der Waals surface area contributed by atoms with E-state index >= 15 is 0 Å². The van der Waals surface area contributed by atoms with Gasteiger partial charge in [0.2, 0.25) is 5.91 Å². The molecule has 8 nitrogen and oxygen atoms in total. The van der Waals surface area contributed by atoms with Gasteiger partial charge in [-0.2, -0.15) is 5.10 Å². The number of nitrogens with one attached hydrogen (secondary N) is 3. The van der Waals surface area contributed by atoms with Crippen molar-refractivity contribution in [3.63, 3.8) is 0 Å². The number of fused-ring (bicyclic) bond motifs is 2. The summed E-state index contributed by atoms with van der Waals surface area (Å²) in [4.78, 5) is 37.8. The van der Waals surface area contributed by atoms with Crippen LogP contribution >= 0.6 is 11.3 Å². The normalized spacial score (nSPS) is 11.3. The maximum Gasteiger partial charge on any atom is 0.224 e. The number of nitrogens with zero attached hydrogens (tertiary/aromatic N) is 3. The number of hydrogen-bond acceptors (Lipinski definition) is 6. The maximum absolute atomic E-state index is 11.8. The molecule has 5 heterocycles. The number of aromatic nitrogens is 5. The van der Waals surface area contributed by atoms with Crippen LogP contribution in [-0.4, -0.2) is 36.8 Å². The first-order valence-corrected chi connectivity index (χ1v) is 12.6. The smallest absolute Gasteiger partial charge is 0.224 e. The minimum Gasteiger partial charge on any atom is -0.353 e. The van der Waals surface area contributed by atoms with Crippen molar-refractivity contribution in [3.05, 3.63) is 72.0 Å². The Morgan fingerprint density at radius 2 is 1.89 bits per heavy atom. The highest BCUT2D eigenvalue weighted by Crippen LogP contribution is 2.37. The second kappa shape index (κ2) is 9.11. The van der Waals surface area contributed by atoms with Crippen LogP contribution in [0.5, 0.6) is 0 Å². The number of aromatic amines is 2. The van der Waals surface area contributed by atoms with Crippen molar-refractivity contribution in [2.45, 2.75) is 20.3 Å². The van der Waals surface area contributed by atoms with Crippen LogP contribution < -0.4 is 5.32 Å². The molecule has 0 radical (unpaired) electrons. The molecule has 6 aromatic rings. The second-order valence-corrected chi connectivity index (χ2v) is 9.81. The van der Waals surface area contributed by atoms with E-state index in [0.717, 1.165) is 59.8 Å². The number of carbonyl (C=O) groups is 2. The molecule has 37 heavy (non-hydrogen) atoms. The van der Waals surface area contributed by atoms with Gasteiger partial charge in [-0.25, -0.2) is 0 Å². The van der Waals surface area contributed by atoms with Gasteiger partial charge in [-0.1, -0.05) is 19.1 Å². The van der Waals surface area contributed by atoms with Crippen LogP contribution in [0.4, 0.5) is 5.69 Å². The predicted molar refractivity (Wildman–Crippen MR) is 147 cm³/mol. The Morgan fingerprint density at radius 1 is 1.00 bits per heavy atom. The average Bonchev–Trinajstić information content (AvgIpc) is 3.66. The number of amides is 1. The molecule has 0 bridgehead atoms. The van der Waals surface area contributed by atoms with Crippen molar-refractivity contribution in [1.82, 2.24) is 25.1 Å². The molecular formula is C28H22N6O2S. The molecule has 0 atom stereocenters. The Bertz CT molecular complexity index is 1810.